The summed E-state index contributed by atoms with van der Waals surface area (Å²) in [5, 5.41) is 0. The Morgan fingerprint density at radius 3 is 2.85 bits per heavy atom. The van der Waals surface area contributed by atoms with Crippen LogP contribution in [-0.2, 0) is 6.54 Å². The number of anilines is 1. The van der Waals surface area contributed by atoms with Crippen LogP contribution in [0.5, 0.6) is 0 Å². The van der Waals surface area contributed by atoms with Gasteiger partial charge in [-0.25, -0.2) is 15.0 Å². The maximum Gasteiger partial charge on any atom is 0.200 e. The SMILES string of the molecule is Nc1nccn1Cc1ccncn1. The maximum absolute atomic E-state index is 5.60. The Balaban J connectivity index is 2.20. The van der Waals surface area contributed by atoms with Crippen molar-refractivity contribution in [2.45, 2.75) is 6.54 Å². The standard InChI is InChI=1S/C8H9N5/c9-8-11-3-4-13(8)5-7-1-2-10-6-12-7/h1-4,6H,5H2,(H2,9,11). The van der Waals surface area contributed by atoms with E-state index in [-0.39, 0.29) is 0 Å². The summed E-state index contributed by atoms with van der Waals surface area (Å²) in [5.41, 5.74) is 6.51. The predicted octanol–water partition coefficient (Wildman–Crippen LogP) is 0.304. The summed E-state index contributed by atoms with van der Waals surface area (Å²) in [6.07, 6.45) is 6.70. The molecule has 2 heterocycles. The van der Waals surface area contributed by atoms with Crippen LogP contribution in [-0.4, -0.2) is 19.5 Å². The molecule has 0 atom stereocenters. The van der Waals surface area contributed by atoms with Crippen molar-refractivity contribution in [2.75, 3.05) is 5.73 Å². The molecule has 0 saturated heterocycles. The van der Waals surface area contributed by atoms with Gasteiger partial charge in [-0.15, -0.1) is 0 Å². The molecule has 0 spiro atoms. The third-order valence-electron chi connectivity index (χ3n) is 1.72. The van der Waals surface area contributed by atoms with Crippen LogP contribution in [0.15, 0.2) is 31.0 Å². The molecule has 2 N–H and O–H groups in total. The molecule has 0 saturated carbocycles. The van der Waals surface area contributed by atoms with E-state index < -0.39 is 0 Å². The molecule has 0 aromatic carbocycles. The molecule has 2 aromatic heterocycles. The van der Waals surface area contributed by atoms with E-state index in [0.29, 0.717) is 12.5 Å². The topological polar surface area (TPSA) is 69.6 Å². The molecule has 5 heteroatoms. The van der Waals surface area contributed by atoms with E-state index in [1.807, 2.05) is 16.8 Å². The number of nitrogen functional groups attached to an aromatic ring is 1. The average molecular weight is 175 g/mol. The number of hydrogen-bond donors (Lipinski definition) is 1. The second-order valence-corrected chi connectivity index (χ2v) is 2.61. The van der Waals surface area contributed by atoms with E-state index in [1.165, 1.54) is 6.33 Å². The van der Waals surface area contributed by atoms with Gasteiger partial charge in [0, 0.05) is 18.6 Å². The normalized spacial score (nSPS) is 10.2. The number of nitrogens with two attached hydrogens (primary N) is 1. The first kappa shape index (κ1) is 7.72. The summed E-state index contributed by atoms with van der Waals surface area (Å²) >= 11 is 0. The van der Waals surface area contributed by atoms with Gasteiger partial charge < -0.3 is 10.3 Å². The molecule has 0 aliphatic heterocycles. The summed E-state index contributed by atoms with van der Waals surface area (Å²) in [6.45, 7) is 0.633. The first-order valence-corrected chi connectivity index (χ1v) is 3.88. The highest BCUT2D eigenvalue weighted by Gasteiger charge is 1.98. The van der Waals surface area contributed by atoms with Crippen LogP contribution < -0.4 is 5.73 Å². The second-order valence-electron chi connectivity index (χ2n) is 2.61. The molecular formula is C8H9N5. The van der Waals surface area contributed by atoms with Crippen LogP contribution in [0.25, 0.3) is 0 Å². The van der Waals surface area contributed by atoms with Crippen molar-refractivity contribution in [1.29, 1.82) is 0 Å². The molecule has 66 valence electrons. The van der Waals surface area contributed by atoms with Crippen LogP contribution in [0.1, 0.15) is 5.69 Å². The van der Waals surface area contributed by atoms with E-state index in [1.54, 1.807) is 12.4 Å². The molecule has 13 heavy (non-hydrogen) atoms. The number of nitrogens with zero attached hydrogens (tertiary/aromatic N) is 4. The quantitative estimate of drug-likeness (QED) is 0.712. The minimum Gasteiger partial charge on any atom is -0.369 e. The summed E-state index contributed by atoms with van der Waals surface area (Å²) in [6, 6.07) is 1.85. The highest BCUT2D eigenvalue weighted by atomic mass is 15.1. The Bertz CT molecular complexity index is 380. The van der Waals surface area contributed by atoms with E-state index in [0.717, 1.165) is 5.69 Å². The highest BCUT2D eigenvalue weighted by Crippen LogP contribution is 2.02. The van der Waals surface area contributed by atoms with Crippen molar-refractivity contribution in [3.05, 3.63) is 36.7 Å². The molecular weight excluding hydrogens is 166 g/mol. The minimum atomic E-state index is 0.499. The predicted molar refractivity (Wildman–Crippen MR) is 47.8 cm³/mol. The van der Waals surface area contributed by atoms with Gasteiger partial charge in [0.05, 0.1) is 12.2 Å². The van der Waals surface area contributed by atoms with Gasteiger partial charge in [-0.3, -0.25) is 0 Å². The molecule has 0 fully saturated rings. The largest absolute Gasteiger partial charge is 0.369 e. The number of rotatable bonds is 2. The van der Waals surface area contributed by atoms with Crippen LogP contribution >= 0.6 is 0 Å². The third kappa shape index (κ3) is 1.64. The zero-order chi connectivity index (χ0) is 9.10. The summed E-state index contributed by atoms with van der Waals surface area (Å²) in [7, 11) is 0. The highest BCUT2D eigenvalue weighted by molar-refractivity contribution is 5.18. The fourth-order valence-electron chi connectivity index (χ4n) is 1.06. The van der Waals surface area contributed by atoms with Gasteiger partial charge in [-0.1, -0.05) is 0 Å². The van der Waals surface area contributed by atoms with Crippen molar-refractivity contribution in [2.24, 2.45) is 0 Å². The minimum absolute atomic E-state index is 0.499. The molecule has 2 aromatic rings. The van der Waals surface area contributed by atoms with Crippen LogP contribution in [0, 0.1) is 0 Å². The summed E-state index contributed by atoms with van der Waals surface area (Å²) in [5.74, 6) is 0.499. The van der Waals surface area contributed by atoms with Gasteiger partial charge in [-0.2, -0.15) is 0 Å². The Kier molecular flexibility index (Phi) is 1.91. The molecule has 0 aliphatic carbocycles. The first-order valence-electron chi connectivity index (χ1n) is 3.88. The number of imidazole rings is 1. The lowest BCUT2D eigenvalue weighted by Crippen LogP contribution is -2.04. The Hall–Kier alpha value is -1.91. The van der Waals surface area contributed by atoms with Crippen molar-refractivity contribution in [3.8, 4) is 0 Å². The lowest BCUT2D eigenvalue weighted by Gasteiger charge is -2.02. The molecule has 0 unspecified atom stereocenters. The Morgan fingerprint density at radius 2 is 2.23 bits per heavy atom. The van der Waals surface area contributed by atoms with Crippen LogP contribution in [0.2, 0.25) is 0 Å². The third-order valence-corrected chi connectivity index (χ3v) is 1.72. The summed E-state index contributed by atoms with van der Waals surface area (Å²) < 4.78 is 1.82. The van der Waals surface area contributed by atoms with Crippen molar-refractivity contribution in [3.63, 3.8) is 0 Å². The van der Waals surface area contributed by atoms with E-state index >= 15 is 0 Å². The average Bonchev–Trinajstić information content (AvgIpc) is 2.54. The number of aromatic nitrogens is 4. The van der Waals surface area contributed by atoms with Gasteiger partial charge >= 0.3 is 0 Å². The fraction of sp³-hybridized carbons (Fsp3) is 0.125. The van der Waals surface area contributed by atoms with Gasteiger partial charge in [0.2, 0.25) is 0 Å². The second kappa shape index (κ2) is 3.22. The van der Waals surface area contributed by atoms with Crippen molar-refractivity contribution in [1.82, 2.24) is 19.5 Å². The van der Waals surface area contributed by atoms with Crippen LogP contribution in [0.3, 0.4) is 0 Å². The van der Waals surface area contributed by atoms with Crippen molar-refractivity contribution >= 4 is 5.95 Å². The zero-order valence-electron chi connectivity index (χ0n) is 6.96. The summed E-state index contributed by atoms with van der Waals surface area (Å²) in [4.78, 5) is 11.8. The van der Waals surface area contributed by atoms with Gasteiger partial charge in [0.15, 0.2) is 5.95 Å². The Labute approximate surface area is 75.3 Å². The van der Waals surface area contributed by atoms with Gasteiger partial charge in [-0.05, 0) is 6.07 Å². The molecule has 0 amide bonds. The zero-order valence-corrected chi connectivity index (χ0v) is 6.96. The lowest BCUT2D eigenvalue weighted by atomic mass is 10.4. The van der Waals surface area contributed by atoms with Gasteiger partial charge in [0.25, 0.3) is 0 Å². The first-order chi connectivity index (χ1) is 6.36. The number of hydrogen-bond acceptors (Lipinski definition) is 4. The molecule has 0 radical (unpaired) electrons. The van der Waals surface area contributed by atoms with Gasteiger partial charge in [0.1, 0.15) is 6.33 Å². The van der Waals surface area contributed by atoms with E-state index in [2.05, 4.69) is 15.0 Å². The molecule has 0 bridgehead atoms. The van der Waals surface area contributed by atoms with Crippen molar-refractivity contribution < 1.29 is 0 Å². The van der Waals surface area contributed by atoms with E-state index in [9.17, 15) is 0 Å². The molecule has 5 nitrogen and oxygen atoms in total. The van der Waals surface area contributed by atoms with E-state index in [4.69, 9.17) is 5.73 Å². The molecule has 2 rings (SSSR count). The Morgan fingerprint density at radius 1 is 1.31 bits per heavy atom. The monoisotopic (exact) mass is 175 g/mol. The maximum atomic E-state index is 5.60. The molecule has 0 aliphatic rings. The fourth-order valence-corrected chi connectivity index (χ4v) is 1.06. The smallest absolute Gasteiger partial charge is 0.200 e. The van der Waals surface area contributed by atoms with Crippen LogP contribution in [0.4, 0.5) is 5.95 Å². The lowest BCUT2D eigenvalue weighted by molar-refractivity contribution is 0.780.